The zero-order valence-electron chi connectivity index (χ0n) is 9.70. The second kappa shape index (κ2) is 6.63. The van der Waals surface area contributed by atoms with Gasteiger partial charge in [-0.15, -0.1) is 0 Å². The molecule has 0 radical (unpaired) electrons. The smallest absolute Gasteiger partial charge is 0.188 e. The molecule has 1 saturated carbocycles. The van der Waals surface area contributed by atoms with Crippen LogP contribution >= 0.6 is 0 Å². The van der Waals surface area contributed by atoms with Crippen LogP contribution in [-0.4, -0.2) is 57.3 Å². The van der Waals surface area contributed by atoms with Gasteiger partial charge in [0.15, 0.2) is 5.96 Å². The Labute approximate surface area is 91.7 Å². The van der Waals surface area contributed by atoms with Crippen molar-refractivity contribution in [3.63, 3.8) is 0 Å². The number of guanidine groups is 1. The van der Waals surface area contributed by atoms with Crippen LogP contribution in [0.3, 0.4) is 0 Å². The first kappa shape index (κ1) is 12.3. The molecule has 0 bridgehead atoms. The summed E-state index contributed by atoms with van der Waals surface area (Å²) < 4.78 is 5.38. The first-order valence-corrected chi connectivity index (χ1v) is 5.47. The Kier molecular flexibility index (Phi) is 5.42. The number of likely N-dealkylation sites (N-methyl/N-ethyl adjacent to an activating group) is 1. The lowest BCUT2D eigenvalue weighted by molar-refractivity contribution is 0.124. The Morgan fingerprint density at radius 3 is 2.80 bits per heavy atom. The third kappa shape index (κ3) is 7.16. The van der Waals surface area contributed by atoms with E-state index in [2.05, 4.69) is 15.2 Å². The van der Waals surface area contributed by atoms with Crippen LogP contribution in [0.1, 0.15) is 12.8 Å². The third-order valence-corrected chi connectivity index (χ3v) is 2.13. The van der Waals surface area contributed by atoms with Gasteiger partial charge in [0.05, 0.1) is 19.8 Å². The van der Waals surface area contributed by atoms with Gasteiger partial charge in [-0.1, -0.05) is 0 Å². The minimum absolute atomic E-state index is 0.550. The average molecular weight is 214 g/mol. The van der Waals surface area contributed by atoms with Crippen molar-refractivity contribution in [2.24, 2.45) is 10.7 Å². The number of hydrogen-bond acceptors (Lipinski definition) is 3. The number of nitrogens with one attached hydrogen (secondary N) is 1. The number of rotatable bonds is 7. The molecule has 0 atom stereocenters. The monoisotopic (exact) mass is 214 g/mol. The van der Waals surface area contributed by atoms with Gasteiger partial charge in [-0.25, -0.2) is 0 Å². The molecule has 0 amide bonds. The van der Waals surface area contributed by atoms with Crippen LogP contribution in [0.4, 0.5) is 0 Å². The van der Waals surface area contributed by atoms with Crippen LogP contribution in [0.2, 0.25) is 0 Å². The van der Waals surface area contributed by atoms with E-state index in [9.17, 15) is 0 Å². The summed E-state index contributed by atoms with van der Waals surface area (Å²) in [7, 11) is 4.05. The maximum Gasteiger partial charge on any atom is 0.188 e. The molecule has 1 aliphatic carbocycles. The summed E-state index contributed by atoms with van der Waals surface area (Å²) in [6.07, 6.45) is 2.44. The third-order valence-electron chi connectivity index (χ3n) is 2.13. The Bertz CT molecular complexity index is 202. The Morgan fingerprint density at radius 1 is 1.47 bits per heavy atom. The van der Waals surface area contributed by atoms with Gasteiger partial charge in [-0.3, -0.25) is 4.99 Å². The van der Waals surface area contributed by atoms with E-state index in [1.165, 1.54) is 12.8 Å². The van der Waals surface area contributed by atoms with E-state index >= 15 is 0 Å². The van der Waals surface area contributed by atoms with Crippen molar-refractivity contribution < 1.29 is 4.74 Å². The van der Waals surface area contributed by atoms with Gasteiger partial charge in [0, 0.05) is 12.6 Å². The zero-order chi connectivity index (χ0) is 11.1. The van der Waals surface area contributed by atoms with Crippen molar-refractivity contribution in [1.29, 1.82) is 0 Å². The molecule has 0 aromatic heterocycles. The number of nitrogens with zero attached hydrogens (tertiary/aromatic N) is 2. The summed E-state index contributed by atoms with van der Waals surface area (Å²) in [5.41, 5.74) is 5.65. The van der Waals surface area contributed by atoms with Crippen molar-refractivity contribution in [2.45, 2.75) is 18.9 Å². The highest BCUT2D eigenvalue weighted by molar-refractivity contribution is 5.78. The first-order valence-electron chi connectivity index (χ1n) is 5.47. The van der Waals surface area contributed by atoms with Crippen molar-refractivity contribution in [1.82, 2.24) is 10.2 Å². The molecule has 3 N–H and O–H groups in total. The molecule has 1 fully saturated rings. The highest BCUT2D eigenvalue weighted by Crippen LogP contribution is 2.17. The second-order valence-electron chi connectivity index (χ2n) is 4.10. The standard InChI is InChI=1S/C10H22N4O/c1-14(2)6-8-15-7-5-12-10(11)13-9-3-4-9/h9H,3-8H2,1-2H3,(H3,11,12,13). The van der Waals surface area contributed by atoms with Gasteiger partial charge >= 0.3 is 0 Å². The van der Waals surface area contributed by atoms with Crippen LogP contribution in [-0.2, 0) is 4.74 Å². The normalized spacial score (nSPS) is 17.1. The SMILES string of the molecule is CN(C)CCOCCN=C(N)NC1CC1. The zero-order valence-corrected chi connectivity index (χ0v) is 9.70. The molecule has 0 aromatic carbocycles. The van der Waals surface area contributed by atoms with E-state index in [1.54, 1.807) is 0 Å². The van der Waals surface area contributed by atoms with Crippen LogP contribution in [0.5, 0.6) is 0 Å². The van der Waals surface area contributed by atoms with Crippen LogP contribution < -0.4 is 11.1 Å². The highest BCUT2D eigenvalue weighted by Gasteiger charge is 2.21. The van der Waals surface area contributed by atoms with Crippen LogP contribution in [0.25, 0.3) is 0 Å². The molecule has 88 valence electrons. The lowest BCUT2D eigenvalue weighted by atomic mass is 10.6. The minimum Gasteiger partial charge on any atom is -0.378 e. The summed E-state index contributed by atoms with van der Waals surface area (Å²) in [4.78, 5) is 6.26. The molecular weight excluding hydrogens is 192 g/mol. The van der Waals surface area contributed by atoms with Gasteiger partial charge in [-0.2, -0.15) is 0 Å². The van der Waals surface area contributed by atoms with Gasteiger partial charge in [-0.05, 0) is 26.9 Å². The lowest BCUT2D eigenvalue weighted by Crippen LogP contribution is -2.33. The minimum atomic E-state index is 0.550. The molecule has 0 unspecified atom stereocenters. The van der Waals surface area contributed by atoms with Crippen molar-refractivity contribution in [3.05, 3.63) is 0 Å². The molecule has 5 nitrogen and oxygen atoms in total. The summed E-state index contributed by atoms with van der Waals surface area (Å²) in [5, 5.41) is 3.13. The lowest BCUT2D eigenvalue weighted by Gasteiger charge is -2.09. The number of hydrogen-bond donors (Lipinski definition) is 2. The Hall–Kier alpha value is -0.810. The quantitative estimate of drug-likeness (QED) is 0.345. The van der Waals surface area contributed by atoms with E-state index in [4.69, 9.17) is 10.5 Å². The van der Waals surface area contributed by atoms with E-state index in [-0.39, 0.29) is 0 Å². The molecule has 0 spiro atoms. The fourth-order valence-electron chi connectivity index (χ4n) is 1.06. The Morgan fingerprint density at radius 2 is 2.20 bits per heavy atom. The Balaban J connectivity index is 1.90. The number of nitrogens with two attached hydrogens (primary N) is 1. The maximum atomic E-state index is 5.65. The molecular formula is C10H22N4O. The van der Waals surface area contributed by atoms with Gasteiger partial charge in [0.25, 0.3) is 0 Å². The van der Waals surface area contributed by atoms with E-state index in [1.807, 2.05) is 14.1 Å². The van der Waals surface area contributed by atoms with Gasteiger partial charge < -0.3 is 20.7 Å². The first-order chi connectivity index (χ1) is 7.18. The second-order valence-corrected chi connectivity index (χ2v) is 4.10. The number of aliphatic imine (C=N–C) groups is 1. The predicted molar refractivity (Wildman–Crippen MR) is 62.0 cm³/mol. The summed E-state index contributed by atoms with van der Waals surface area (Å²) in [6, 6.07) is 0.573. The number of ether oxygens (including phenoxy) is 1. The molecule has 0 aromatic rings. The highest BCUT2D eigenvalue weighted by atomic mass is 16.5. The van der Waals surface area contributed by atoms with E-state index in [0.29, 0.717) is 25.2 Å². The van der Waals surface area contributed by atoms with Gasteiger partial charge in [0.1, 0.15) is 0 Å². The van der Waals surface area contributed by atoms with Crippen LogP contribution in [0, 0.1) is 0 Å². The maximum absolute atomic E-state index is 5.65. The molecule has 5 heteroatoms. The van der Waals surface area contributed by atoms with Crippen molar-refractivity contribution >= 4 is 5.96 Å². The van der Waals surface area contributed by atoms with Crippen molar-refractivity contribution in [2.75, 3.05) is 40.4 Å². The molecule has 1 aliphatic rings. The van der Waals surface area contributed by atoms with Gasteiger partial charge in [0.2, 0.25) is 0 Å². The fourth-order valence-corrected chi connectivity index (χ4v) is 1.06. The predicted octanol–water partition coefficient (Wildman–Crippen LogP) is -0.369. The fraction of sp³-hybridized carbons (Fsp3) is 0.900. The summed E-state index contributed by atoms with van der Waals surface area (Å²) in [5.74, 6) is 0.550. The topological polar surface area (TPSA) is 62.9 Å². The molecule has 0 saturated heterocycles. The van der Waals surface area contributed by atoms with Crippen molar-refractivity contribution in [3.8, 4) is 0 Å². The van der Waals surface area contributed by atoms with E-state index in [0.717, 1.165) is 13.2 Å². The molecule has 0 aliphatic heterocycles. The summed E-state index contributed by atoms with van der Waals surface area (Å²) in [6.45, 7) is 2.97. The molecule has 0 heterocycles. The summed E-state index contributed by atoms with van der Waals surface area (Å²) >= 11 is 0. The average Bonchev–Trinajstić information content (AvgIpc) is 2.94. The van der Waals surface area contributed by atoms with Crippen LogP contribution in [0.15, 0.2) is 4.99 Å². The largest absolute Gasteiger partial charge is 0.378 e. The molecule has 15 heavy (non-hydrogen) atoms. The molecule has 1 rings (SSSR count). The van der Waals surface area contributed by atoms with E-state index < -0.39 is 0 Å².